The van der Waals surface area contributed by atoms with Crippen molar-refractivity contribution in [2.24, 2.45) is 0 Å². The van der Waals surface area contributed by atoms with Crippen LogP contribution in [0.5, 0.6) is 0 Å². The molecule has 76 valence electrons. The summed E-state index contributed by atoms with van der Waals surface area (Å²) in [5.74, 6) is -0.827. The van der Waals surface area contributed by atoms with Crippen LogP contribution in [0.15, 0.2) is 24.3 Å². The normalized spacial score (nSPS) is 9.21. The number of rotatable bonds is 4. The summed E-state index contributed by atoms with van der Waals surface area (Å²) in [4.78, 5) is 10.8. The Morgan fingerprint density at radius 2 is 2.00 bits per heavy atom. The number of aryl methyl sites for hydroxylation is 1. The first-order chi connectivity index (χ1) is 6.25. The Balaban J connectivity index is 0.00000169. The van der Waals surface area contributed by atoms with E-state index >= 15 is 0 Å². The molecule has 0 bridgehead atoms. The molecule has 0 aliphatic carbocycles. The Bertz CT molecular complexity index is 297. The van der Waals surface area contributed by atoms with E-state index in [4.69, 9.17) is 5.11 Å². The standard InChI is InChI=1S/C11H14O2.Mo/c1-2-3-6-9-7-4-5-8-10(9)11(12)13;/h4-5,7-8H,2-3,6H2,1H3,(H,12,13);. The van der Waals surface area contributed by atoms with Gasteiger partial charge in [0.15, 0.2) is 0 Å². The molecular weight excluding hydrogens is 260 g/mol. The minimum atomic E-state index is -0.827. The second kappa shape index (κ2) is 6.78. The van der Waals surface area contributed by atoms with Gasteiger partial charge in [-0.15, -0.1) is 0 Å². The third kappa shape index (κ3) is 3.63. The maximum atomic E-state index is 10.8. The monoisotopic (exact) mass is 276 g/mol. The van der Waals surface area contributed by atoms with E-state index in [2.05, 4.69) is 6.92 Å². The van der Waals surface area contributed by atoms with Gasteiger partial charge in [0.2, 0.25) is 0 Å². The SMILES string of the molecule is CCCCc1ccccc1C(=O)O.[Mo]. The van der Waals surface area contributed by atoms with Crippen molar-refractivity contribution in [3.05, 3.63) is 35.4 Å². The largest absolute Gasteiger partial charge is 0.478 e. The van der Waals surface area contributed by atoms with Gasteiger partial charge in [-0.3, -0.25) is 0 Å². The molecule has 0 saturated carbocycles. The number of hydrogen-bond donors (Lipinski definition) is 1. The van der Waals surface area contributed by atoms with Crippen molar-refractivity contribution < 1.29 is 31.0 Å². The quantitative estimate of drug-likeness (QED) is 0.857. The number of hydrogen-bond acceptors (Lipinski definition) is 1. The second-order valence-electron chi connectivity index (χ2n) is 3.07. The maximum Gasteiger partial charge on any atom is 0.335 e. The van der Waals surface area contributed by atoms with Gasteiger partial charge in [-0.05, 0) is 24.5 Å². The molecular formula is C11H14MoO2. The molecule has 3 heteroatoms. The van der Waals surface area contributed by atoms with Crippen LogP contribution in [0.3, 0.4) is 0 Å². The van der Waals surface area contributed by atoms with Gasteiger partial charge >= 0.3 is 5.97 Å². The first-order valence-electron chi connectivity index (χ1n) is 4.57. The van der Waals surface area contributed by atoms with Gasteiger partial charge in [-0.2, -0.15) is 0 Å². The van der Waals surface area contributed by atoms with E-state index in [1.807, 2.05) is 12.1 Å². The molecule has 1 aromatic rings. The smallest absolute Gasteiger partial charge is 0.335 e. The van der Waals surface area contributed by atoms with E-state index in [0.717, 1.165) is 24.8 Å². The molecule has 1 N–H and O–H groups in total. The van der Waals surface area contributed by atoms with Crippen LogP contribution in [0, 0.1) is 0 Å². The number of carbonyl (C=O) groups is 1. The van der Waals surface area contributed by atoms with Crippen LogP contribution in [-0.2, 0) is 27.5 Å². The van der Waals surface area contributed by atoms with Crippen LogP contribution in [-0.4, -0.2) is 11.1 Å². The summed E-state index contributed by atoms with van der Waals surface area (Å²) in [6, 6.07) is 7.20. The topological polar surface area (TPSA) is 37.3 Å². The van der Waals surface area contributed by atoms with E-state index in [-0.39, 0.29) is 21.1 Å². The number of carboxylic acid groups (broad SMARTS) is 1. The molecule has 0 atom stereocenters. The molecule has 0 aromatic heterocycles. The van der Waals surface area contributed by atoms with Crippen LogP contribution >= 0.6 is 0 Å². The minimum absolute atomic E-state index is 0. The van der Waals surface area contributed by atoms with Crippen LogP contribution < -0.4 is 0 Å². The average molecular weight is 274 g/mol. The van der Waals surface area contributed by atoms with Crippen molar-refractivity contribution in [3.8, 4) is 0 Å². The van der Waals surface area contributed by atoms with Gasteiger partial charge in [0.05, 0.1) is 5.56 Å². The Hall–Kier alpha value is -0.622. The van der Waals surface area contributed by atoms with Crippen molar-refractivity contribution in [3.63, 3.8) is 0 Å². The molecule has 0 saturated heterocycles. The van der Waals surface area contributed by atoms with Gasteiger partial charge in [0.1, 0.15) is 0 Å². The zero-order valence-electron chi connectivity index (χ0n) is 8.19. The first kappa shape index (κ1) is 13.4. The van der Waals surface area contributed by atoms with Crippen molar-refractivity contribution in [1.82, 2.24) is 0 Å². The summed E-state index contributed by atoms with van der Waals surface area (Å²) < 4.78 is 0. The van der Waals surface area contributed by atoms with E-state index in [1.54, 1.807) is 12.1 Å². The molecule has 14 heavy (non-hydrogen) atoms. The molecule has 1 aromatic carbocycles. The minimum Gasteiger partial charge on any atom is -0.478 e. The summed E-state index contributed by atoms with van der Waals surface area (Å²) >= 11 is 0. The number of aromatic carboxylic acids is 1. The van der Waals surface area contributed by atoms with Crippen molar-refractivity contribution in [1.29, 1.82) is 0 Å². The fourth-order valence-electron chi connectivity index (χ4n) is 1.31. The molecule has 0 aliphatic heterocycles. The maximum absolute atomic E-state index is 10.8. The van der Waals surface area contributed by atoms with Gasteiger partial charge < -0.3 is 5.11 Å². The molecule has 0 heterocycles. The number of unbranched alkanes of at least 4 members (excludes halogenated alkanes) is 1. The van der Waals surface area contributed by atoms with Crippen LogP contribution in [0.1, 0.15) is 35.7 Å². The Kier molecular flexibility index (Phi) is 6.48. The second-order valence-corrected chi connectivity index (χ2v) is 3.07. The summed E-state index contributed by atoms with van der Waals surface area (Å²) in [5.41, 5.74) is 1.38. The molecule has 1 rings (SSSR count). The van der Waals surface area contributed by atoms with E-state index in [0.29, 0.717) is 5.56 Å². The van der Waals surface area contributed by atoms with Crippen LogP contribution in [0.4, 0.5) is 0 Å². The van der Waals surface area contributed by atoms with Gasteiger partial charge in [-0.25, -0.2) is 4.79 Å². The predicted molar refractivity (Wildman–Crippen MR) is 52.0 cm³/mol. The van der Waals surface area contributed by atoms with Gasteiger partial charge in [-0.1, -0.05) is 31.5 Å². The van der Waals surface area contributed by atoms with Crippen LogP contribution in [0.25, 0.3) is 0 Å². The van der Waals surface area contributed by atoms with Crippen molar-refractivity contribution >= 4 is 5.97 Å². The molecule has 0 amide bonds. The zero-order valence-corrected chi connectivity index (χ0v) is 10.2. The molecule has 0 unspecified atom stereocenters. The van der Waals surface area contributed by atoms with Crippen molar-refractivity contribution in [2.45, 2.75) is 26.2 Å². The molecule has 0 radical (unpaired) electrons. The third-order valence-electron chi connectivity index (χ3n) is 2.05. The van der Waals surface area contributed by atoms with Gasteiger partial charge in [0.25, 0.3) is 0 Å². The number of carboxylic acids is 1. The molecule has 0 fully saturated rings. The third-order valence-corrected chi connectivity index (χ3v) is 2.05. The van der Waals surface area contributed by atoms with E-state index in [9.17, 15) is 4.79 Å². The Morgan fingerprint density at radius 3 is 2.57 bits per heavy atom. The fourth-order valence-corrected chi connectivity index (χ4v) is 1.31. The average Bonchev–Trinajstić information content (AvgIpc) is 2.15. The molecule has 0 aliphatic rings. The first-order valence-corrected chi connectivity index (χ1v) is 4.57. The Morgan fingerprint density at radius 1 is 1.36 bits per heavy atom. The predicted octanol–water partition coefficient (Wildman–Crippen LogP) is 2.72. The van der Waals surface area contributed by atoms with Crippen LogP contribution in [0.2, 0.25) is 0 Å². The summed E-state index contributed by atoms with van der Waals surface area (Å²) in [6.07, 6.45) is 3.00. The zero-order chi connectivity index (χ0) is 9.68. The molecule has 2 nitrogen and oxygen atoms in total. The van der Waals surface area contributed by atoms with Gasteiger partial charge in [0, 0.05) is 21.1 Å². The van der Waals surface area contributed by atoms with E-state index < -0.39 is 5.97 Å². The Labute approximate surface area is 98.6 Å². The summed E-state index contributed by atoms with van der Waals surface area (Å²) in [5, 5.41) is 8.86. The summed E-state index contributed by atoms with van der Waals surface area (Å²) in [7, 11) is 0. The molecule has 0 spiro atoms. The fraction of sp³-hybridized carbons (Fsp3) is 0.364. The number of benzene rings is 1. The summed E-state index contributed by atoms with van der Waals surface area (Å²) in [6.45, 7) is 2.10. The van der Waals surface area contributed by atoms with E-state index in [1.165, 1.54) is 0 Å². The van der Waals surface area contributed by atoms with Crippen molar-refractivity contribution in [2.75, 3.05) is 0 Å².